The summed E-state index contributed by atoms with van der Waals surface area (Å²) >= 11 is 0. The lowest BCUT2D eigenvalue weighted by molar-refractivity contribution is 0.353. The van der Waals surface area contributed by atoms with Gasteiger partial charge in [-0.1, -0.05) is 153 Å². The number of nitrogens with zero attached hydrogens (tertiary/aromatic N) is 4. The number of nitriles is 1. The van der Waals surface area contributed by atoms with Crippen LogP contribution < -0.4 is 0 Å². The van der Waals surface area contributed by atoms with E-state index in [1.165, 1.54) is 52.6 Å². The quantitative estimate of drug-likeness (QED) is 0.187. The maximum atomic E-state index is 9.78. The summed E-state index contributed by atoms with van der Waals surface area (Å²) in [5.74, 6) is 1.93. The molecule has 1 heterocycles. The molecule has 0 N–H and O–H groups in total. The van der Waals surface area contributed by atoms with Gasteiger partial charge in [0.25, 0.3) is 0 Å². The molecule has 0 amide bonds. The van der Waals surface area contributed by atoms with Crippen LogP contribution in [0, 0.1) is 11.3 Å². The molecule has 1 fully saturated rings. The highest BCUT2D eigenvalue weighted by Crippen LogP contribution is 2.58. The fourth-order valence-corrected chi connectivity index (χ4v) is 8.14. The average molecular weight is 643 g/mol. The van der Waals surface area contributed by atoms with Gasteiger partial charge in [-0.2, -0.15) is 5.26 Å². The first-order valence-corrected chi connectivity index (χ1v) is 17.5. The molecule has 4 heteroatoms. The Morgan fingerprint density at radius 2 is 0.960 bits per heavy atom. The molecular formula is C46H34N4. The van der Waals surface area contributed by atoms with Gasteiger partial charge in [-0.25, -0.2) is 15.0 Å². The Bertz CT molecular complexity index is 2380. The highest BCUT2D eigenvalue weighted by atomic mass is 15.0. The molecule has 1 aromatic heterocycles. The number of fused-ring (bicyclic) bond motifs is 5. The fraction of sp³-hybridized carbons (Fsp3) is 0.130. The monoisotopic (exact) mass is 642 g/mol. The first kappa shape index (κ1) is 29.9. The van der Waals surface area contributed by atoms with Crippen molar-refractivity contribution in [3.05, 3.63) is 162 Å². The van der Waals surface area contributed by atoms with Gasteiger partial charge in [-0.3, -0.25) is 0 Å². The van der Waals surface area contributed by atoms with Crippen molar-refractivity contribution in [1.29, 1.82) is 5.26 Å². The van der Waals surface area contributed by atoms with Crippen molar-refractivity contribution in [1.82, 2.24) is 15.0 Å². The molecule has 0 unspecified atom stereocenters. The van der Waals surface area contributed by atoms with Crippen molar-refractivity contribution in [3.63, 3.8) is 0 Å². The van der Waals surface area contributed by atoms with Gasteiger partial charge < -0.3 is 0 Å². The topological polar surface area (TPSA) is 62.5 Å². The van der Waals surface area contributed by atoms with Gasteiger partial charge >= 0.3 is 0 Å². The van der Waals surface area contributed by atoms with E-state index in [-0.39, 0.29) is 5.41 Å². The van der Waals surface area contributed by atoms with Crippen LogP contribution in [-0.2, 0) is 5.41 Å². The molecule has 1 saturated carbocycles. The smallest absolute Gasteiger partial charge is 0.164 e. The van der Waals surface area contributed by atoms with Crippen LogP contribution >= 0.6 is 0 Å². The van der Waals surface area contributed by atoms with E-state index >= 15 is 0 Å². The summed E-state index contributed by atoms with van der Waals surface area (Å²) in [6.07, 6.45) is 5.96. The van der Waals surface area contributed by atoms with Gasteiger partial charge in [0, 0.05) is 22.1 Å². The number of rotatable bonds is 5. The van der Waals surface area contributed by atoms with Crippen LogP contribution in [0.2, 0.25) is 0 Å². The number of aromatic nitrogens is 3. The Kier molecular flexibility index (Phi) is 7.40. The molecule has 1 spiro atoms. The molecule has 4 nitrogen and oxygen atoms in total. The second kappa shape index (κ2) is 12.4. The highest BCUT2D eigenvalue weighted by Gasteiger charge is 2.44. The van der Waals surface area contributed by atoms with E-state index < -0.39 is 0 Å². The van der Waals surface area contributed by atoms with Gasteiger partial charge in [0.15, 0.2) is 17.5 Å². The summed E-state index contributed by atoms with van der Waals surface area (Å²) in [4.78, 5) is 14.9. The zero-order valence-electron chi connectivity index (χ0n) is 27.7. The van der Waals surface area contributed by atoms with E-state index in [9.17, 15) is 5.26 Å². The van der Waals surface area contributed by atoms with Crippen molar-refractivity contribution in [3.8, 4) is 73.6 Å². The first-order chi connectivity index (χ1) is 24.7. The molecule has 2 aliphatic carbocycles. The highest BCUT2D eigenvalue weighted by molar-refractivity contribution is 5.93. The Hall–Kier alpha value is -6.18. The Labute approximate surface area is 292 Å². The SMILES string of the molecule is N#Cc1ccc2c(c1)C1(CCCCC1)c1cccc(-c3ccc(-c4nc(-c5ccccc5)nc(-c5ccc(-c6ccccc6)cc5)n4)cc3)c1-2. The first-order valence-electron chi connectivity index (χ1n) is 17.5. The molecule has 50 heavy (non-hydrogen) atoms. The molecule has 7 aromatic rings. The van der Waals surface area contributed by atoms with Crippen molar-refractivity contribution < 1.29 is 0 Å². The van der Waals surface area contributed by atoms with Crippen LogP contribution in [0.15, 0.2) is 146 Å². The van der Waals surface area contributed by atoms with E-state index in [2.05, 4.69) is 109 Å². The van der Waals surface area contributed by atoms with Crippen LogP contribution in [0.4, 0.5) is 0 Å². The maximum absolute atomic E-state index is 9.78. The largest absolute Gasteiger partial charge is 0.208 e. The minimum atomic E-state index is -0.0137. The molecule has 0 atom stereocenters. The molecule has 238 valence electrons. The third-order valence-corrected chi connectivity index (χ3v) is 10.6. The molecule has 6 aromatic carbocycles. The van der Waals surface area contributed by atoms with E-state index in [4.69, 9.17) is 15.0 Å². The van der Waals surface area contributed by atoms with E-state index in [1.807, 2.05) is 42.5 Å². The predicted molar refractivity (Wildman–Crippen MR) is 201 cm³/mol. The number of hydrogen-bond donors (Lipinski definition) is 0. The molecule has 0 saturated heterocycles. The molecular weight excluding hydrogens is 609 g/mol. The van der Waals surface area contributed by atoms with E-state index in [0.717, 1.165) is 46.2 Å². The zero-order chi connectivity index (χ0) is 33.5. The van der Waals surface area contributed by atoms with Gasteiger partial charge in [0.2, 0.25) is 0 Å². The van der Waals surface area contributed by atoms with E-state index in [0.29, 0.717) is 17.5 Å². The lowest BCUT2D eigenvalue weighted by atomic mass is 9.67. The van der Waals surface area contributed by atoms with Crippen LogP contribution in [0.3, 0.4) is 0 Å². The van der Waals surface area contributed by atoms with Crippen LogP contribution in [0.5, 0.6) is 0 Å². The van der Waals surface area contributed by atoms with Gasteiger partial charge in [-0.15, -0.1) is 0 Å². The summed E-state index contributed by atoms with van der Waals surface area (Å²) < 4.78 is 0. The Balaban J connectivity index is 1.12. The summed E-state index contributed by atoms with van der Waals surface area (Å²) in [5, 5.41) is 9.78. The van der Waals surface area contributed by atoms with Crippen molar-refractivity contribution in [2.75, 3.05) is 0 Å². The van der Waals surface area contributed by atoms with Crippen LogP contribution in [-0.4, -0.2) is 15.0 Å². The average Bonchev–Trinajstić information content (AvgIpc) is 3.46. The second-order valence-electron chi connectivity index (χ2n) is 13.4. The summed E-state index contributed by atoms with van der Waals surface area (Å²) in [5.41, 5.74) is 13.6. The number of hydrogen-bond acceptors (Lipinski definition) is 4. The minimum absolute atomic E-state index is 0.0137. The van der Waals surface area contributed by atoms with Crippen molar-refractivity contribution >= 4 is 0 Å². The fourth-order valence-electron chi connectivity index (χ4n) is 8.14. The van der Waals surface area contributed by atoms with Crippen molar-refractivity contribution in [2.24, 2.45) is 0 Å². The van der Waals surface area contributed by atoms with Gasteiger partial charge in [-0.05, 0) is 69.5 Å². The molecule has 0 aliphatic heterocycles. The van der Waals surface area contributed by atoms with Crippen LogP contribution in [0.1, 0.15) is 48.8 Å². The van der Waals surface area contributed by atoms with Gasteiger partial charge in [0.05, 0.1) is 11.6 Å². The Morgan fingerprint density at radius 1 is 0.440 bits per heavy atom. The Morgan fingerprint density at radius 3 is 1.56 bits per heavy atom. The molecule has 2 aliphatic rings. The third-order valence-electron chi connectivity index (χ3n) is 10.6. The summed E-state index contributed by atoms with van der Waals surface area (Å²) in [6.45, 7) is 0. The summed E-state index contributed by atoms with van der Waals surface area (Å²) in [7, 11) is 0. The van der Waals surface area contributed by atoms with Crippen molar-refractivity contribution in [2.45, 2.75) is 37.5 Å². The van der Waals surface area contributed by atoms with E-state index in [1.54, 1.807) is 0 Å². The molecule has 0 bridgehead atoms. The maximum Gasteiger partial charge on any atom is 0.164 e. The second-order valence-corrected chi connectivity index (χ2v) is 13.4. The summed E-state index contributed by atoms with van der Waals surface area (Å²) in [6, 6.07) is 53.1. The predicted octanol–water partition coefficient (Wildman–Crippen LogP) is 11.3. The standard InChI is InChI=1S/C46H34N4/c47-30-31-17-26-39-41(29-31)46(27-8-3-9-28-46)40-16-10-15-38(42(39)40)34-20-24-37(25-21-34)45-49-43(35-13-6-2-7-14-35)48-44(50-45)36-22-18-33(19-23-36)32-11-4-1-5-12-32/h1-2,4-7,10-26,29H,3,8-9,27-28H2. The third kappa shape index (κ3) is 5.11. The zero-order valence-corrected chi connectivity index (χ0v) is 27.7. The lowest BCUT2D eigenvalue weighted by Gasteiger charge is -2.36. The lowest BCUT2D eigenvalue weighted by Crippen LogP contribution is -2.28. The minimum Gasteiger partial charge on any atom is -0.208 e. The van der Waals surface area contributed by atoms with Crippen LogP contribution in [0.25, 0.3) is 67.5 Å². The molecule has 9 rings (SSSR count). The normalized spacial score (nSPS) is 14.1. The van der Waals surface area contributed by atoms with Gasteiger partial charge in [0.1, 0.15) is 0 Å². The molecule has 0 radical (unpaired) electrons. The number of benzene rings is 6.